The fourth-order valence-corrected chi connectivity index (χ4v) is 2.08. The zero-order chi connectivity index (χ0) is 14.0. The molecule has 2 rings (SSSR count). The van der Waals surface area contributed by atoms with Crippen molar-refractivity contribution < 1.29 is 13.6 Å². The van der Waals surface area contributed by atoms with Crippen LogP contribution in [0.15, 0.2) is 40.9 Å². The van der Waals surface area contributed by atoms with Crippen molar-refractivity contribution in [2.24, 2.45) is 0 Å². The van der Waals surface area contributed by atoms with Gasteiger partial charge in [-0.15, -0.1) is 0 Å². The number of hydrogen-bond donors (Lipinski definition) is 1. The summed E-state index contributed by atoms with van der Waals surface area (Å²) in [6.07, 6.45) is 0. The maximum atomic E-state index is 13.6. The van der Waals surface area contributed by atoms with Gasteiger partial charge in [-0.1, -0.05) is 28.1 Å². The smallest absolute Gasteiger partial charge is 0.261 e. The van der Waals surface area contributed by atoms with Crippen LogP contribution in [0.4, 0.5) is 14.5 Å². The van der Waals surface area contributed by atoms with Crippen molar-refractivity contribution in [3.63, 3.8) is 0 Å². The van der Waals surface area contributed by atoms with Crippen molar-refractivity contribution in [3.05, 3.63) is 63.6 Å². The van der Waals surface area contributed by atoms with Crippen molar-refractivity contribution in [1.82, 2.24) is 0 Å². The van der Waals surface area contributed by atoms with Gasteiger partial charge in [-0.2, -0.15) is 0 Å². The van der Waals surface area contributed by atoms with Crippen molar-refractivity contribution in [1.29, 1.82) is 0 Å². The molecule has 0 saturated heterocycles. The van der Waals surface area contributed by atoms with Gasteiger partial charge >= 0.3 is 0 Å². The molecular formula is C14H10BrF2NO. The van der Waals surface area contributed by atoms with E-state index in [1.54, 1.807) is 18.2 Å². The minimum absolute atomic E-state index is 0.245. The van der Waals surface area contributed by atoms with Crippen LogP contribution in [0, 0.1) is 18.6 Å². The fraction of sp³-hybridized carbons (Fsp3) is 0.0714. The maximum absolute atomic E-state index is 13.6. The van der Waals surface area contributed by atoms with Crippen molar-refractivity contribution in [3.8, 4) is 0 Å². The summed E-state index contributed by atoms with van der Waals surface area (Å²) in [5.74, 6) is -2.62. The van der Waals surface area contributed by atoms with Crippen LogP contribution in [0.25, 0.3) is 0 Å². The first-order valence-electron chi connectivity index (χ1n) is 5.50. The van der Waals surface area contributed by atoms with Crippen LogP contribution in [0.3, 0.4) is 0 Å². The number of hydrogen-bond acceptors (Lipinski definition) is 1. The number of rotatable bonds is 2. The Morgan fingerprint density at radius 2 is 1.79 bits per heavy atom. The summed E-state index contributed by atoms with van der Waals surface area (Å²) in [5.41, 5.74) is 0.839. The molecule has 2 nitrogen and oxygen atoms in total. The Morgan fingerprint density at radius 3 is 2.37 bits per heavy atom. The van der Waals surface area contributed by atoms with Gasteiger partial charge in [0.25, 0.3) is 5.91 Å². The second kappa shape index (κ2) is 5.48. The number of benzene rings is 2. The maximum Gasteiger partial charge on any atom is 0.261 e. The molecule has 2 aromatic carbocycles. The number of amides is 1. The third kappa shape index (κ3) is 3.17. The second-order valence-corrected chi connectivity index (χ2v) is 4.98. The van der Waals surface area contributed by atoms with E-state index in [0.29, 0.717) is 5.69 Å². The van der Waals surface area contributed by atoms with Crippen LogP contribution in [0.1, 0.15) is 15.9 Å². The van der Waals surface area contributed by atoms with Gasteiger partial charge in [0.05, 0.1) is 0 Å². The van der Waals surface area contributed by atoms with Crippen molar-refractivity contribution in [2.75, 3.05) is 5.32 Å². The number of aryl methyl sites for hydroxylation is 1. The lowest BCUT2D eigenvalue weighted by molar-refractivity contribution is 0.101. The monoisotopic (exact) mass is 325 g/mol. The molecule has 0 heterocycles. The topological polar surface area (TPSA) is 29.1 Å². The zero-order valence-electron chi connectivity index (χ0n) is 10.0. The highest BCUT2D eigenvalue weighted by Crippen LogP contribution is 2.21. The van der Waals surface area contributed by atoms with Crippen LogP contribution in [-0.4, -0.2) is 5.91 Å². The summed E-state index contributed by atoms with van der Waals surface area (Å²) in [5, 5.41) is 2.47. The minimum Gasteiger partial charge on any atom is -0.322 e. The lowest BCUT2D eigenvalue weighted by atomic mass is 10.1. The number of nitrogens with one attached hydrogen (secondary N) is 1. The zero-order valence-corrected chi connectivity index (χ0v) is 11.6. The highest BCUT2D eigenvalue weighted by Gasteiger charge is 2.18. The highest BCUT2D eigenvalue weighted by atomic mass is 79.9. The molecule has 0 fully saturated rings. The van der Waals surface area contributed by atoms with Gasteiger partial charge < -0.3 is 5.32 Å². The Balaban J connectivity index is 2.31. The fourth-order valence-electron chi connectivity index (χ4n) is 1.68. The Bertz CT molecular complexity index is 620. The molecule has 0 aliphatic rings. The van der Waals surface area contributed by atoms with Crippen LogP contribution in [0.2, 0.25) is 0 Å². The van der Waals surface area contributed by atoms with E-state index in [1.807, 2.05) is 13.0 Å². The van der Waals surface area contributed by atoms with E-state index in [4.69, 9.17) is 0 Å². The SMILES string of the molecule is Cc1cccc(NC(=O)c2c(F)cc(Br)cc2F)c1. The van der Waals surface area contributed by atoms with E-state index in [9.17, 15) is 13.6 Å². The summed E-state index contributed by atoms with van der Waals surface area (Å²) in [7, 11) is 0. The molecule has 1 N–H and O–H groups in total. The Labute approximate surface area is 117 Å². The predicted molar refractivity (Wildman–Crippen MR) is 73.2 cm³/mol. The molecule has 0 atom stereocenters. The predicted octanol–water partition coefficient (Wildman–Crippen LogP) is 4.29. The van der Waals surface area contributed by atoms with Gasteiger partial charge in [0.2, 0.25) is 0 Å². The first kappa shape index (κ1) is 13.7. The largest absolute Gasteiger partial charge is 0.322 e. The number of carbonyl (C=O) groups is 1. The third-order valence-corrected chi connectivity index (χ3v) is 2.97. The molecule has 2 aromatic rings. The Morgan fingerprint density at radius 1 is 1.16 bits per heavy atom. The molecule has 19 heavy (non-hydrogen) atoms. The van der Waals surface area contributed by atoms with Crippen LogP contribution < -0.4 is 5.32 Å². The average molecular weight is 326 g/mol. The lowest BCUT2D eigenvalue weighted by Crippen LogP contribution is -2.16. The molecular weight excluding hydrogens is 316 g/mol. The molecule has 0 spiro atoms. The molecule has 0 aliphatic heterocycles. The van der Waals surface area contributed by atoms with Gasteiger partial charge in [0.15, 0.2) is 0 Å². The summed E-state index contributed by atoms with van der Waals surface area (Å²) in [4.78, 5) is 11.9. The molecule has 0 unspecified atom stereocenters. The number of halogens is 3. The van der Waals surface area contributed by atoms with Gasteiger partial charge in [0, 0.05) is 10.2 Å². The minimum atomic E-state index is -0.906. The molecule has 0 saturated carbocycles. The van der Waals surface area contributed by atoms with E-state index < -0.39 is 23.1 Å². The van der Waals surface area contributed by atoms with E-state index in [-0.39, 0.29) is 4.47 Å². The molecule has 0 radical (unpaired) electrons. The van der Waals surface area contributed by atoms with Crippen LogP contribution in [-0.2, 0) is 0 Å². The highest BCUT2D eigenvalue weighted by molar-refractivity contribution is 9.10. The molecule has 5 heteroatoms. The Hall–Kier alpha value is -1.75. The quantitative estimate of drug-likeness (QED) is 0.876. The summed E-state index contributed by atoms with van der Waals surface area (Å²) >= 11 is 2.96. The molecule has 0 aliphatic carbocycles. The van der Waals surface area contributed by atoms with Gasteiger partial charge in [-0.25, -0.2) is 8.78 Å². The van der Waals surface area contributed by atoms with Crippen molar-refractivity contribution in [2.45, 2.75) is 6.92 Å². The lowest BCUT2D eigenvalue weighted by Gasteiger charge is -2.08. The van der Waals surface area contributed by atoms with E-state index in [1.165, 1.54) is 0 Å². The number of carbonyl (C=O) groups excluding carboxylic acids is 1. The normalized spacial score (nSPS) is 10.3. The second-order valence-electron chi connectivity index (χ2n) is 4.07. The third-order valence-electron chi connectivity index (χ3n) is 2.51. The van der Waals surface area contributed by atoms with Gasteiger partial charge in [-0.3, -0.25) is 4.79 Å². The van der Waals surface area contributed by atoms with Crippen LogP contribution >= 0.6 is 15.9 Å². The van der Waals surface area contributed by atoms with E-state index in [2.05, 4.69) is 21.2 Å². The molecule has 1 amide bonds. The van der Waals surface area contributed by atoms with Crippen molar-refractivity contribution >= 4 is 27.5 Å². The first-order valence-corrected chi connectivity index (χ1v) is 6.29. The summed E-state index contributed by atoms with van der Waals surface area (Å²) in [6.45, 7) is 1.86. The average Bonchev–Trinajstić information content (AvgIpc) is 2.27. The summed E-state index contributed by atoms with van der Waals surface area (Å²) < 4.78 is 27.5. The molecule has 98 valence electrons. The van der Waals surface area contributed by atoms with Gasteiger partial charge in [0.1, 0.15) is 17.2 Å². The Kier molecular flexibility index (Phi) is 3.95. The van der Waals surface area contributed by atoms with Crippen LogP contribution in [0.5, 0.6) is 0 Å². The summed E-state index contributed by atoms with van der Waals surface area (Å²) in [6, 6.07) is 9.07. The van der Waals surface area contributed by atoms with Gasteiger partial charge in [-0.05, 0) is 36.8 Å². The molecule has 0 aromatic heterocycles. The first-order chi connectivity index (χ1) is 8.97. The standard InChI is InChI=1S/C14H10BrF2NO/c1-8-3-2-4-10(5-8)18-14(19)13-11(16)6-9(15)7-12(13)17/h2-7H,1H3,(H,18,19). The van der Waals surface area contributed by atoms with E-state index in [0.717, 1.165) is 17.7 Å². The number of anilines is 1. The van der Waals surface area contributed by atoms with E-state index >= 15 is 0 Å². The molecule has 0 bridgehead atoms.